The van der Waals surface area contributed by atoms with E-state index in [-0.39, 0.29) is 18.4 Å². The molecule has 2 aliphatic heterocycles. The van der Waals surface area contributed by atoms with E-state index in [9.17, 15) is 9.59 Å². The van der Waals surface area contributed by atoms with Gasteiger partial charge in [-0.25, -0.2) is 4.79 Å². The number of nitrogens with one attached hydrogen (secondary N) is 1. The minimum atomic E-state index is -0.624. The summed E-state index contributed by atoms with van der Waals surface area (Å²) in [6, 6.07) is 34.3. The van der Waals surface area contributed by atoms with Gasteiger partial charge in [0.2, 0.25) is 5.91 Å². The molecule has 1 atom stereocenters. The normalized spacial score (nSPS) is 16.6. The Hall–Kier alpha value is -4.17. The molecule has 4 aromatic carbocycles. The molecule has 8 heteroatoms. The van der Waals surface area contributed by atoms with Crippen molar-refractivity contribution in [3.05, 3.63) is 130 Å². The standard InChI is InChI=1S/C43H51ClN4O3/c1-32(2)39-16-10-9-15-37(39)30-47-25-27-48(28-26-47)42(49)41(45-43(50)51-31-33-11-5-3-6-12-33)35-19-22-46(23-20-35)24-21-36-29-38(44)17-18-40(36)34-13-7-4-8-14-34/h3-18,29,32,35,41H,19-28,30-31H2,1-2H3,(H,45,50)/t41-/m1/s1. The average Bonchev–Trinajstić information content (AvgIpc) is 3.16. The number of alkyl carbamates (subject to hydrolysis) is 1. The van der Waals surface area contributed by atoms with Crippen molar-refractivity contribution >= 4 is 23.6 Å². The van der Waals surface area contributed by atoms with Gasteiger partial charge < -0.3 is 19.9 Å². The van der Waals surface area contributed by atoms with Crippen molar-refractivity contribution in [2.75, 3.05) is 45.8 Å². The summed E-state index contributed by atoms with van der Waals surface area (Å²) < 4.78 is 5.62. The van der Waals surface area contributed by atoms with Gasteiger partial charge in [-0.2, -0.15) is 0 Å². The van der Waals surface area contributed by atoms with E-state index in [4.69, 9.17) is 16.3 Å². The number of carbonyl (C=O) groups is 2. The molecule has 51 heavy (non-hydrogen) atoms. The van der Waals surface area contributed by atoms with Gasteiger partial charge in [0.15, 0.2) is 0 Å². The van der Waals surface area contributed by atoms with Gasteiger partial charge in [0, 0.05) is 44.3 Å². The Kier molecular flexibility index (Phi) is 12.8. The first-order chi connectivity index (χ1) is 24.8. The highest BCUT2D eigenvalue weighted by Gasteiger charge is 2.36. The number of piperidine rings is 1. The smallest absolute Gasteiger partial charge is 0.408 e. The third kappa shape index (κ3) is 10.0. The molecule has 0 bridgehead atoms. The number of piperazine rings is 1. The van der Waals surface area contributed by atoms with Crippen LogP contribution in [0.15, 0.2) is 103 Å². The summed E-state index contributed by atoms with van der Waals surface area (Å²) in [7, 11) is 0. The molecule has 2 heterocycles. The summed E-state index contributed by atoms with van der Waals surface area (Å²) in [6.45, 7) is 11.0. The number of hydrogen-bond donors (Lipinski definition) is 1. The van der Waals surface area contributed by atoms with Crippen LogP contribution in [-0.2, 0) is 29.1 Å². The van der Waals surface area contributed by atoms with E-state index in [0.29, 0.717) is 19.0 Å². The first-order valence-electron chi connectivity index (χ1n) is 18.5. The van der Waals surface area contributed by atoms with Crippen molar-refractivity contribution in [3.63, 3.8) is 0 Å². The molecule has 1 N–H and O–H groups in total. The second-order valence-electron chi connectivity index (χ2n) is 14.2. The van der Waals surface area contributed by atoms with Crippen LogP contribution in [0.2, 0.25) is 5.02 Å². The topological polar surface area (TPSA) is 65.1 Å². The number of ether oxygens (including phenoxy) is 1. The van der Waals surface area contributed by atoms with Crippen LogP contribution in [0.25, 0.3) is 11.1 Å². The second-order valence-corrected chi connectivity index (χ2v) is 14.7. The first kappa shape index (κ1) is 36.6. The number of amides is 2. The number of benzene rings is 4. The van der Waals surface area contributed by atoms with Crippen molar-refractivity contribution in [2.45, 2.75) is 58.2 Å². The third-order valence-electron chi connectivity index (χ3n) is 10.5. The molecule has 7 nitrogen and oxygen atoms in total. The Morgan fingerprint density at radius 3 is 2.16 bits per heavy atom. The number of hydrogen-bond acceptors (Lipinski definition) is 5. The lowest BCUT2D eigenvalue weighted by atomic mass is 9.88. The third-order valence-corrected chi connectivity index (χ3v) is 10.7. The molecule has 2 saturated heterocycles. The monoisotopic (exact) mass is 706 g/mol. The molecule has 4 aromatic rings. The van der Waals surface area contributed by atoms with Gasteiger partial charge in [0.25, 0.3) is 0 Å². The maximum absolute atomic E-state index is 14.2. The quantitative estimate of drug-likeness (QED) is 0.162. The fourth-order valence-corrected chi connectivity index (χ4v) is 7.73. The van der Waals surface area contributed by atoms with Gasteiger partial charge in [-0.15, -0.1) is 0 Å². The summed E-state index contributed by atoms with van der Waals surface area (Å²) in [4.78, 5) is 34.2. The van der Waals surface area contributed by atoms with E-state index >= 15 is 0 Å². The minimum absolute atomic E-state index is 0.00114. The Bertz CT molecular complexity index is 1720. The van der Waals surface area contributed by atoms with Crippen molar-refractivity contribution in [1.29, 1.82) is 0 Å². The number of carbonyl (C=O) groups excluding carboxylic acids is 2. The van der Waals surface area contributed by atoms with E-state index < -0.39 is 12.1 Å². The molecule has 2 amide bonds. The Morgan fingerprint density at radius 2 is 1.45 bits per heavy atom. The van der Waals surface area contributed by atoms with Gasteiger partial charge in [-0.3, -0.25) is 9.69 Å². The molecule has 0 spiro atoms. The summed E-state index contributed by atoms with van der Waals surface area (Å²) in [5.74, 6) is 0.492. The molecule has 2 fully saturated rings. The zero-order valence-electron chi connectivity index (χ0n) is 30.0. The number of likely N-dealkylation sites (tertiary alicyclic amines) is 1. The fourth-order valence-electron chi connectivity index (χ4n) is 7.54. The SMILES string of the molecule is CC(C)c1ccccc1CN1CCN(C(=O)[C@H](NC(=O)OCc2ccccc2)C2CCN(CCc3cc(Cl)ccc3-c3ccccc3)CC2)CC1. The van der Waals surface area contributed by atoms with E-state index in [1.807, 2.05) is 47.4 Å². The Balaban J connectivity index is 1.07. The zero-order valence-corrected chi connectivity index (χ0v) is 30.7. The van der Waals surface area contributed by atoms with Crippen molar-refractivity contribution < 1.29 is 14.3 Å². The summed E-state index contributed by atoms with van der Waals surface area (Å²) >= 11 is 6.44. The first-order valence-corrected chi connectivity index (χ1v) is 18.8. The molecule has 2 aliphatic rings. The average molecular weight is 707 g/mol. The summed E-state index contributed by atoms with van der Waals surface area (Å²) in [5, 5.41) is 3.78. The van der Waals surface area contributed by atoms with Crippen LogP contribution < -0.4 is 5.32 Å². The van der Waals surface area contributed by atoms with Gasteiger partial charge in [0.1, 0.15) is 12.6 Å². The summed E-state index contributed by atoms with van der Waals surface area (Å²) in [5.41, 5.74) is 7.28. The molecular formula is C43H51ClN4O3. The van der Waals surface area contributed by atoms with Crippen LogP contribution in [0.3, 0.4) is 0 Å². The van der Waals surface area contributed by atoms with Gasteiger partial charge >= 0.3 is 6.09 Å². The van der Waals surface area contributed by atoms with Crippen LogP contribution >= 0.6 is 11.6 Å². The zero-order chi connectivity index (χ0) is 35.6. The highest BCUT2D eigenvalue weighted by molar-refractivity contribution is 6.30. The van der Waals surface area contributed by atoms with Crippen molar-refractivity contribution in [1.82, 2.24) is 20.0 Å². The molecular weight excluding hydrogens is 656 g/mol. The van der Waals surface area contributed by atoms with E-state index in [2.05, 4.69) is 89.6 Å². The van der Waals surface area contributed by atoms with Crippen molar-refractivity contribution in [3.8, 4) is 11.1 Å². The van der Waals surface area contributed by atoms with E-state index in [1.165, 1.54) is 27.8 Å². The number of rotatable bonds is 12. The maximum Gasteiger partial charge on any atom is 0.408 e. The van der Waals surface area contributed by atoms with Crippen LogP contribution in [0, 0.1) is 5.92 Å². The Labute approximate surface area is 308 Å². The fraction of sp³-hybridized carbons (Fsp3) is 0.395. The highest BCUT2D eigenvalue weighted by atomic mass is 35.5. The highest BCUT2D eigenvalue weighted by Crippen LogP contribution is 2.29. The molecule has 268 valence electrons. The van der Waals surface area contributed by atoms with Crippen LogP contribution in [-0.4, -0.2) is 78.6 Å². The van der Waals surface area contributed by atoms with Crippen molar-refractivity contribution in [2.24, 2.45) is 5.92 Å². The lowest BCUT2D eigenvalue weighted by Gasteiger charge is -2.40. The van der Waals surface area contributed by atoms with Crippen LogP contribution in [0.5, 0.6) is 0 Å². The minimum Gasteiger partial charge on any atom is -0.445 e. The van der Waals surface area contributed by atoms with Gasteiger partial charge in [-0.1, -0.05) is 116 Å². The van der Waals surface area contributed by atoms with Crippen LogP contribution in [0.4, 0.5) is 4.79 Å². The molecule has 0 saturated carbocycles. The van der Waals surface area contributed by atoms with Crippen LogP contribution in [0.1, 0.15) is 54.9 Å². The molecule has 0 aromatic heterocycles. The lowest BCUT2D eigenvalue weighted by Crippen LogP contribution is -2.58. The lowest BCUT2D eigenvalue weighted by molar-refractivity contribution is -0.137. The van der Waals surface area contributed by atoms with Gasteiger partial charge in [-0.05, 0) is 89.7 Å². The molecule has 0 unspecified atom stereocenters. The predicted octanol–water partition coefficient (Wildman–Crippen LogP) is 8.02. The summed E-state index contributed by atoms with van der Waals surface area (Å²) in [6.07, 6.45) is 1.98. The largest absolute Gasteiger partial charge is 0.445 e. The molecule has 0 radical (unpaired) electrons. The maximum atomic E-state index is 14.2. The number of halogens is 1. The van der Waals surface area contributed by atoms with E-state index in [1.54, 1.807) is 0 Å². The predicted molar refractivity (Wildman–Crippen MR) is 206 cm³/mol. The Morgan fingerprint density at radius 1 is 0.784 bits per heavy atom. The molecule has 0 aliphatic carbocycles. The second kappa shape index (κ2) is 17.9. The van der Waals surface area contributed by atoms with E-state index in [0.717, 1.165) is 69.1 Å². The molecule has 6 rings (SSSR count). The van der Waals surface area contributed by atoms with Gasteiger partial charge in [0.05, 0.1) is 0 Å². The number of nitrogens with zero attached hydrogens (tertiary/aromatic N) is 3.